The van der Waals surface area contributed by atoms with Gasteiger partial charge in [0.25, 0.3) is 0 Å². The number of aromatic nitrogens is 1. The fraction of sp³-hybridized carbons (Fsp3) is 0.231. The van der Waals surface area contributed by atoms with E-state index in [4.69, 9.17) is 5.11 Å². The topological polar surface area (TPSA) is 62.2 Å². The lowest BCUT2D eigenvalue weighted by atomic mass is 10.1. The number of nitrogens with one attached hydrogen (secondary N) is 1. The van der Waals surface area contributed by atoms with E-state index in [0.29, 0.717) is 10.0 Å². The number of carbonyl (C=O) groups is 1. The van der Waals surface area contributed by atoms with Crippen molar-refractivity contribution in [3.63, 3.8) is 0 Å². The molecule has 0 aliphatic carbocycles. The van der Waals surface area contributed by atoms with E-state index in [0.717, 1.165) is 16.8 Å². The molecule has 5 heteroatoms. The Kier molecular flexibility index (Phi) is 3.34. The van der Waals surface area contributed by atoms with Crippen molar-refractivity contribution in [3.05, 3.63) is 39.9 Å². The first-order valence-corrected chi connectivity index (χ1v) is 6.34. The van der Waals surface area contributed by atoms with Crippen LogP contribution in [0.3, 0.4) is 0 Å². The molecule has 1 heterocycles. The van der Waals surface area contributed by atoms with Crippen LogP contribution in [0.2, 0.25) is 0 Å². The Morgan fingerprint density at radius 2 is 1.89 bits per heavy atom. The molecular weight excluding hydrogens is 248 g/mol. The Morgan fingerprint density at radius 3 is 2.39 bits per heavy atom. The van der Waals surface area contributed by atoms with Gasteiger partial charge in [0.2, 0.25) is 0 Å². The molecule has 0 amide bonds. The highest BCUT2D eigenvalue weighted by Gasteiger charge is 2.14. The number of hydrogen-bond acceptors (Lipinski definition) is 4. The first-order valence-electron chi connectivity index (χ1n) is 5.53. The van der Waals surface area contributed by atoms with Crippen molar-refractivity contribution in [2.75, 3.05) is 5.32 Å². The highest BCUT2D eigenvalue weighted by molar-refractivity contribution is 7.15. The molecule has 2 rings (SSSR count). The van der Waals surface area contributed by atoms with Crippen LogP contribution in [0.15, 0.2) is 18.2 Å². The Balaban J connectivity index is 2.35. The summed E-state index contributed by atoms with van der Waals surface area (Å²) >= 11 is 1.35. The number of aryl methyl sites for hydroxylation is 3. The Labute approximate surface area is 109 Å². The zero-order chi connectivity index (χ0) is 13.3. The van der Waals surface area contributed by atoms with E-state index in [1.54, 1.807) is 6.92 Å². The third-order valence-electron chi connectivity index (χ3n) is 2.71. The molecule has 18 heavy (non-hydrogen) atoms. The Morgan fingerprint density at radius 1 is 1.28 bits per heavy atom. The van der Waals surface area contributed by atoms with Gasteiger partial charge < -0.3 is 10.4 Å². The van der Waals surface area contributed by atoms with Crippen molar-refractivity contribution in [2.45, 2.75) is 20.8 Å². The molecule has 2 aromatic rings. The van der Waals surface area contributed by atoms with Crippen LogP contribution in [0.5, 0.6) is 0 Å². The van der Waals surface area contributed by atoms with Crippen molar-refractivity contribution in [3.8, 4) is 0 Å². The summed E-state index contributed by atoms with van der Waals surface area (Å²) in [6, 6.07) is 6.01. The Bertz CT molecular complexity index is 585. The van der Waals surface area contributed by atoms with Gasteiger partial charge in [-0.15, -0.1) is 11.3 Å². The second-order valence-electron chi connectivity index (χ2n) is 4.12. The maximum atomic E-state index is 10.9. The van der Waals surface area contributed by atoms with Crippen LogP contribution in [0.1, 0.15) is 26.5 Å². The molecule has 0 saturated heterocycles. The molecular formula is C13H14N2O2S. The maximum absolute atomic E-state index is 10.9. The largest absolute Gasteiger partial charge is 0.476 e. The zero-order valence-electron chi connectivity index (χ0n) is 10.4. The normalized spacial score (nSPS) is 10.4. The Hall–Kier alpha value is -1.88. The van der Waals surface area contributed by atoms with E-state index < -0.39 is 5.97 Å². The molecule has 4 nitrogen and oxygen atoms in total. The molecule has 1 aromatic heterocycles. The molecule has 0 unspecified atom stereocenters. The summed E-state index contributed by atoms with van der Waals surface area (Å²) in [6.07, 6.45) is 0. The molecule has 2 N–H and O–H groups in total. The van der Waals surface area contributed by atoms with Gasteiger partial charge >= 0.3 is 5.97 Å². The van der Waals surface area contributed by atoms with E-state index >= 15 is 0 Å². The first-order chi connectivity index (χ1) is 8.49. The van der Waals surface area contributed by atoms with Crippen LogP contribution in [-0.2, 0) is 0 Å². The maximum Gasteiger partial charge on any atom is 0.355 e. The van der Waals surface area contributed by atoms with Crippen LogP contribution in [-0.4, -0.2) is 16.1 Å². The van der Waals surface area contributed by atoms with Gasteiger partial charge in [-0.3, -0.25) is 0 Å². The monoisotopic (exact) mass is 262 g/mol. The van der Waals surface area contributed by atoms with Crippen LogP contribution < -0.4 is 5.32 Å². The van der Waals surface area contributed by atoms with Gasteiger partial charge in [0, 0.05) is 10.6 Å². The number of carboxylic acid groups (broad SMARTS) is 1. The number of hydrogen-bond donors (Lipinski definition) is 2. The van der Waals surface area contributed by atoms with E-state index in [9.17, 15) is 4.79 Å². The molecule has 0 bridgehead atoms. The van der Waals surface area contributed by atoms with E-state index in [-0.39, 0.29) is 5.69 Å². The third-order valence-corrected chi connectivity index (χ3v) is 3.60. The van der Waals surface area contributed by atoms with E-state index in [1.165, 1.54) is 11.3 Å². The molecule has 0 atom stereocenters. The summed E-state index contributed by atoms with van der Waals surface area (Å²) in [6.45, 7) is 5.78. The molecule has 0 fully saturated rings. The molecule has 94 valence electrons. The average Bonchev–Trinajstić information content (AvgIpc) is 2.65. The lowest BCUT2D eigenvalue weighted by Gasteiger charge is -2.09. The van der Waals surface area contributed by atoms with Crippen molar-refractivity contribution in [1.82, 2.24) is 4.98 Å². The van der Waals surface area contributed by atoms with Gasteiger partial charge in [0.1, 0.15) is 0 Å². The van der Waals surface area contributed by atoms with Crippen molar-refractivity contribution >= 4 is 28.1 Å². The predicted octanol–water partition coefficient (Wildman–Crippen LogP) is 3.51. The number of carboxylic acids is 1. The summed E-state index contributed by atoms with van der Waals surface area (Å²) < 4.78 is 0. The highest BCUT2D eigenvalue weighted by Crippen LogP contribution is 2.28. The molecule has 0 radical (unpaired) electrons. The van der Waals surface area contributed by atoms with Crippen LogP contribution in [0, 0.1) is 20.8 Å². The van der Waals surface area contributed by atoms with E-state index in [1.807, 2.05) is 32.0 Å². The number of rotatable bonds is 3. The minimum absolute atomic E-state index is 0.119. The van der Waals surface area contributed by atoms with E-state index in [2.05, 4.69) is 10.3 Å². The van der Waals surface area contributed by atoms with Gasteiger partial charge in [-0.2, -0.15) is 0 Å². The zero-order valence-corrected chi connectivity index (χ0v) is 11.3. The fourth-order valence-corrected chi connectivity index (χ4v) is 2.58. The highest BCUT2D eigenvalue weighted by atomic mass is 32.1. The number of benzene rings is 1. The first kappa shape index (κ1) is 12.6. The quantitative estimate of drug-likeness (QED) is 0.888. The number of para-hydroxylation sites is 1. The van der Waals surface area contributed by atoms with Gasteiger partial charge in [-0.1, -0.05) is 18.2 Å². The van der Waals surface area contributed by atoms with Gasteiger partial charge in [-0.25, -0.2) is 9.78 Å². The summed E-state index contributed by atoms with van der Waals surface area (Å²) in [4.78, 5) is 15.7. The summed E-state index contributed by atoms with van der Waals surface area (Å²) in [5.41, 5.74) is 3.33. The number of anilines is 2. The number of nitrogens with zero attached hydrogens (tertiary/aromatic N) is 1. The molecule has 1 aromatic carbocycles. The molecule has 0 aliphatic rings. The summed E-state index contributed by atoms with van der Waals surface area (Å²) in [5, 5.41) is 12.8. The van der Waals surface area contributed by atoms with Gasteiger partial charge in [0.05, 0.1) is 0 Å². The van der Waals surface area contributed by atoms with Gasteiger partial charge in [0.15, 0.2) is 10.8 Å². The van der Waals surface area contributed by atoms with Crippen LogP contribution in [0.4, 0.5) is 10.8 Å². The average molecular weight is 262 g/mol. The fourth-order valence-electron chi connectivity index (χ4n) is 1.77. The lowest BCUT2D eigenvalue weighted by molar-refractivity contribution is 0.0690. The molecule has 0 aliphatic heterocycles. The van der Waals surface area contributed by atoms with Crippen molar-refractivity contribution < 1.29 is 9.90 Å². The molecule has 0 saturated carbocycles. The number of aromatic carboxylic acids is 1. The van der Waals surface area contributed by atoms with Crippen LogP contribution >= 0.6 is 11.3 Å². The summed E-state index contributed by atoms with van der Waals surface area (Å²) in [7, 11) is 0. The molecule has 0 spiro atoms. The lowest BCUT2D eigenvalue weighted by Crippen LogP contribution is -2.00. The van der Waals surface area contributed by atoms with Gasteiger partial charge in [-0.05, 0) is 31.9 Å². The van der Waals surface area contributed by atoms with Crippen molar-refractivity contribution in [2.24, 2.45) is 0 Å². The third kappa shape index (κ3) is 2.36. The SMILES string of the molecule is Cc1cccc(C)c1Nc1nc(C(=O)O)c(C)s1. The minimum atomic E-state index is -0.988. The second-order valence-corrected chi connectivity index (χ2v) is 5.32. The second kappa shape index (κ2) is 4.78. The summed E-state index contributed by atoms with van der Waals surface area (Å²) in [5.74, 6) is -0.988. The smallest absolute Gasteiger partial charge is 0.355 e. The minimum Gasteiger partial charge on any atom is -0.476 e. The number of thiazole rings is 1. The van der Waals surface area contributed by atoms with Crippen molar-refractivity contribution in [1.29, 1.82) is 0 Å². The standard InChI is InChI=1S/C13H14N2O2S/c1-7-5-4-6-8(2)10(7)14-13-15-11(12(16)17)9(3)18-13/h4-6H,1-3H3,(H,14,15)(H,16,17). The van der Waals surface area contributed by atoms with Crippen LogP contribution in [0.25, 0.3) is 0 Å². The predicted molar refractivity (Wildman–Crippen MR) is 73.0 cm³/mol.